The minimum atomic E-state index is 0.383. The summed E-state index contributed by atoms with van der Waals surface area (Å²) in [6.45, 7) is 4.34. The molecule has 0 atom stereocenters. The zero-order chi connectivity index (χ0) is 15.6. The Balaban J connectivity index is 2.01. The second-order valence-electron chi connectivity index (χ2n) is 6.44. The zero-order valence-electron chi connectivity index (χ0n) is 13.2. The van der Waals surface area contributed by atoms with Crippen LogP contribution in [0.2, 0.25) is 0 Å². The van der Waals surface area contributed by atoms with Crippen molar-refractivity contribution in [2.24, 2.45) is 0 Å². The summed E-state index contributed by atoms with van der Waals surface area (Å²) in [7, 11) is 0. The molecular formula is C22H16Se. The van der Waals surface area contributed by atoms with Crippen LogP contribution in [-0.2, 0) is 0 Å². The Morgan fingerprint density at radius 2 is 0.957 bits per heavy atom. The summed E-state index contributed by atoms with van der Waals surface area (Å²) in [6.07, 6.45) is 0. The first-order valence-electron chi connectivity index (χ1n) is 7.96. The Labute approximate surface area is 141 Å². The van der Waals surface area contributed by atoms with E-state index in [-0.39, 0.29) is 0 Å². The summed E-state index contributed by atoms with van der Waals surface area (Å²) < 4.78 is 3.11. The first-order chi connectivity index (χ1) is 11.2. The summed E-state index contributed by atoms with van der Waals surface area (Å²) in [5, 5.41) is 8.50. The first-order valence-corrected chi connectivity index (χ1v) is 9.67. The Bertz CT molecular complexity index is 1130. The standard InChI is InChI=1S/C22H16Se/c1-13-3-7-17-15(11-13)5-9-19-20-10-6-16-12-14(2)4-8-18(16)22(20)23-21(17)19/h3-12H,1-2H3. The van der Waals surface area contributed by atoms with Crippen molar-refractivity contribution in [3.05, 3.63) is 71.8 Å². The van der Waals surface area contributed by atoms with Crippen LogP contribution in [0.25, 0.3) is 40.8 Å². The van der Waals surface area contributed by atoms with Crippen LogP contribution in [0.15, 0.2) is 60.7 Å². The van der Waals surface area contributed by atoms with E-state index in [1.165, 1.54) is 43.4 Å². The van der Waals surface area contributed by atoms with Crippen molar-refractivity contribution in [3.63, 3.8) is 0 Å². The third-order valence-electron chi connectivity index (χ3n) is 4.75. The fourth-order valence-corrected chi connectivity index (χ4v) is 6.47. The van der Waals surface area contributed by atoms with Crippen LogP contribution in [0, 0.1) is 13.8 Å². The van der Waals surface area contributed by atoms with Gasteiger partial charge in [-0.15, -0.1) is 0 Å². The van der Waals surface area contributed by atoms with Gasteiger partial charge in [0.1, 0.15) is 0 Å². The number of rotatable bonds is 0. The van der Waals surface area contributed by atoms with E-state index in [4.69, 9.17) is 0 Å². The molecule has 1 heterocycles. The molecule has 23 heavy (non-hydrogen) atoms. The van der Waals surface area contributed by atoms with Crippen molar-refractivity contribution >= 4 is 55.3 Å². The number of benzene rings is 4. The third kappa shape index (κ3) is 1.91. The molecule has 5 rings (SSSR count). The SMILES string of the molecule is Cc1ccc2c(ccc3c4ccc5cc(C)ccc5c4[se]c23)c1. The summed E-state index contributed by atoms with van der Waals surface area (Å²) in [6, 6.07) is 22.9. The van der Waals surface area contributed by atoms with E-state index in [1.54, 1.807) is 8.52 Å². The third-order valence-corrected chi connectivity index (χ3v) is 7.45. The molecule has 0 saturated carbocycles. The maximum atomic E-state index is 2.32. The molecule has 1 heteroatoms. The summed E-state index contributed by atoms with van der Waals surface area (Å²) >= 11 is 0.383. The van der Waals surface area contributed by atoms with Crippen LogP contribution < -0.4 is 0 Å². The number of hydrogen-bond donors (Lipinski definition) is 0. The molecule has 0 amide bonds. The molecule has 0 radical (unpaired) electrons. The van der Waals surface area contributed by atoms with E-state index in [2.05, 4.69) is 74.5 Å². The Morgan fingerprint density at radius 1 is 0.522 bits per heavy atom. The molecule has 5 aromatic rings. The van der Waals surface area contributed by atoms with Gasteiger partial charge in [0.25, 0.3) is 0 Å². The van der Waals surface area contributed by atoms with E-state index < -0.39 is 0 Å². The molecule has 0 fully saturated rings. The van der Waals surface area contributed by atoms with Gasteiger partial charge in [0, 0.05) is 0 Å². The van der Waals surface area contributed by atoms with Gasteiger partial charge in [0.15, 0.2) is 0 Å². The predicted molar refractivity (Wildman–Crippen MR) is 103 cm³/mol. The fourth-order valence-electron chi connectivity index (χ4n) is 3.59. The van der Waals surface area contributed by atoms with Gasteiger partial charge in [-0.3, -0.25) is 0 Å². The van der Waals surface area contributed by atoms with Crippen LogP contribution in [0.4, 0.5) is 0 Å². The average Bonchev–Trinajstić information content (AvgIpc) is 2.93. The molecule has 1 aromatic heterocycles. The molecule has 0 aliphatic heterocycles. The van der Waals surface area contributed by atoms with Crippen LogP contribution in [-0.4, -0.2) is 14.5 Å². The molecule has 0 spiro atoms. The molecule has 0 unspecified atom stereocenters. The van der Waals surface area contributed by atoms with E-state index in [9.17, 15) is 0 Å². The van der Waals surface area contributed by atoms with Gasteiger partial charge in [-0.1, -0.05) is 0 Å². The molecule has 0 aliphatic carbocycles. The molecular weight excluding hydrogens is 343 g/mol. The van der Waals surface area contributed by atoms with Crippen molar-refractivity contribution in [1.29, 1.82) is 0 Å². The Hall–Kier alpha value is -2.08. The summed E-state index contributed by atoms with van der Waals surface area (Å²) in [5.41, 5.74) is 2.67. The van der Waals surface area contributed by atoms with Gasteiger partial charge in [-0.2, -0.15) is 0 Å². The Morgan fingerprint density at radius 3 is 1.43 bits per heavy atom. The van der Waals surface area contributed by atoms with Crippen molar-refractivity contribution in [2.45, 2.75) is 13.8 Å². The monoisotopic (exact) mass is 360 g/mol. The van der Waals surface area contributed by atoms with Gasteiger partial charge in [-0.05, 0) is 0 Å². The van der Waals surface area contributed by atoms with Crippen molar-refractivity contribution in [1.82, 2.24) is 0 Å². The van der Waals surface area contributed by atoms with E-state index in [1.807, 2.05) is 0 Å². The van der Waals surface area contributed by atoms with E-state index in [0.717, 1.165) is 0 Å². The van der Waals surface area contributed by atoms with Crippen LogP contribution in [0.3, 0.4) is 0 Å². The molecule has 0 aliphatic rings. The quantitative estimate of drug-likeness (QED) is 0.299. The van der Waals surface area contributed by atoms with Crippen molar-refractivity contribution in [3.8, 4) is 0 Å². The maximum absolute atomic E-state index is 2.32. The van der Waals surface area contributed by atoms with Gasteiger partial charge >= 0.3 is 141 Å². The summed E-state index contributed by atoms with van der Waals surface area (Å²) in [5.74, 6) is 0. The van der Waals surface area contributed by atoms with Crippen molar-refractivity contribution in [2.75, 3.05) is 0 Å². The summed E-state index contributed by atoms with van der Waals surface area (Å²) in [4.78, 5) is 0. The molecule has 0 saturated heterocycles. The molecule has 110 valence electrons. The Kier molecular flexibility index (Phi) is 2.74. The zero-order valence-corrected chi connectivity index (χ0v) is 14.9. The van der Waals surface area contributed by atoms with Gasteiger partial charge < -0.3 is 0 Å². The normalized spacial score (nSPS) is 11.9. The second-order valence-corrected chi connectivity index (χ2v) is 8.58. The van der Waals surface area contributed by atoms with Gasteiger partial charge in [-0.25, -0.2) is 0 Å². The number of hydrogen-bond acceptors (Lipinski definition) is 0. The predicted octanol–water partition coefficient (Wildman–Crippen LogP) is 5.97. The first kappa shape index (κ1) is 13.4. The van der Waals surface area contributed by atoms with Crippen molar-refractivity contribution < 1.29 is 0 Å². The second kappa shape index (κ2) is 4.71. The van der Waals surface area contributed by atoms with Gasteiger partial charge in [0.05, 0.1) is 0 Å². The number of aryl methyl sites for hydroxylation is 2. The average molecular weight is 359 g/mol. The fraction of sp³-hybridized carbons (Fsp3) is 0.0909. The minimum absolute atomic E-state index is 0.383. The van der Waals surface area contributed by atoms with Crippen LogP contribution in [0.5, 0.6) is 0 Å². The molecule has 0 bridgehead atoms. The van der Waals surface area contributed by atoms with Crippen LogP contribution >= 0.6 is 0 Å². The molecule has 0 N–H and O–H groups in total. The van der Waals surface area contributed by atoms with Gasteiger partial charge in [0.2, 0.25) is 0 Å². The molecule has 4 aromatic carbocycles. The van der Waals surface area contributed by atoms with E-state index in [0.29, 0.717) is 14.5 Å². The topological polar surface area (TPSA) is 0 Å². The van der Waals surface area contributed by atoms with E-state index >= 15 is 0 Å². The molecule has 0 nitrogen and oxygen atoms in total. The van der Waals surface area contributed by atoms with Crippen LogP contribution in [0.1, 0.15) is 11.1 Å². The number of fused-ring (bicyclic) bond motifs is 7.